The van der Waals surface area contributed by atoms with Crippen LogP contribution < -0.4 is 11.5 Å². The fraction of sp³-hybridized carbons (Fsp3) is 0.842. The van der Waals surface area contributed by atoms with Crippen molar-refractivity contribution in [3.8, 4) is 0 Å². The lowest BCUT2D eigenvalue weighted by molar-refractivity contribution is -0.117. The summed E-state index contributed by atoms with van der Waals surface area (Å²) in [4.78, 5) is 11.1. The van der Waals surface area contributed by atoms with Crippen LogP contribution >= 0.6 is 0 Å². The van der Waals surface area contributed by atoms with Crippen LogP contribution in [0, 0.1) is 0 Å². The smallest absolute Gasteiger partial charge is 0.243 e. The molecular weight excluding hydrogens is 272 g/mol. The summed E-state index contributed by atoms with van der Waals surface area (Å²) in [6.45, 7) is 7.81. The Morgan fingerprint density at radius 3 is 1.73 bits per heavy atom. The van der Waals surface area contributed by atoms with Crippen molar-refractivity contribution in [3.63, 3.8) is 0 Å². The third-order valence-corrected chi connectivity index (χ3v) is 4.06. The molecule has 22 heavy (non-hydrogen) atoms. The van der Waals surface area contributed by atoms with E-state index in [1.54, 1.807) is 0 Å². The summed E-state index contributed by atoms with van der Waals surface area (Å²) in [7, 11) is 0. The first-order valence-electron chi connectivity index (χ1n) is 9.13. The zero-order valence-corrected chi connectivity index (χ0v) is 15.2. The lowest BCUT2D eigenvalue weighted by Crippen LogP contribution is -2.30. The van der Waals surface area contributed by atoms with Crippen LogP contribution in [-0.2, 0) is 4.79 Å². The molecule has 0 spiro atoms. The van der Waals surface area contributed by atoms with E-state index in [-0.39, 0.29) is 18.1 Å². The summed E-state index contributed by atoms with van der Waals surface area (Å²) in [5.41, 5.74) is 0. The highest BCUT2D eigenvalue weighted by atomic mass is 16.1. The molecule has 0 aromatic heterocycles. The molecule has 4 N–H and O–H groups in total. The van der Waals surface area contributed by atoms with Gasteiger partial charge in [-0.15, -0.1) is 0 Å². The van der Waals surface area contributed by atoms with E-state index < -0.39 is 0 Å². The minimum Gasteiger partial charge on any atom is -0.350 e. The number of unbranched alkanes of at least 4 members (excludes halogenated alkanes) is 11. The van der Waals surface area contributed by atoms with Crippen molar-refractivity contribution in [2.24, 2.45) is 0 Å². The molecule has 0 aliphatic carbocycles. The quantitative estimate of drug-likeness (QED) is 0.291. The van der Waals surface area contributed by atoms with E-state index in [1.165, 1.54) is 83.1 Å². The average Bonchev–Trinajstić information content (AvgIpc) is 2.48. The first-order chi connectivity index (χ1) is 10.2. The zero-order chi connectivity index (χ0) is 15.8. The number of carbonyl (C=O) groups excluding carboxylic acids is 1. The molecule has 0 rings (SSSR count). The molecule has 0 aliphatic heterocycles. The highest BCUT2D eigenvalue weighted by Crippen LogP contribution is 2.12. The van der Waals surface area contributed by atoms with Gasteiger partial charge in [0.25, 0.3) is 0 Å². The van der Waals surface area contributed by atoms with Gasteiger partial charge in [0.05, 0.1) is 0 Å². The molecule has 0 saturated carbocycles. The van der Waals surface area contributed by atoms with E-state index in [0.29, 0.717) is 0 Å². The molecule has 1 atom stereocenters. The van der Waals surface area contributed by atoms with Crippen molar-refractivity contribution in [2.45, 2.75) is 103 Å². The second-order valence-corrected chi connectivity index (χ2v) is 6.29. The summed E-state index contributed by atoms with van der Waals surface area (Å²) in [5.74, 6) is -0.0542. The Bertz CT molecular complexity index is 254. The van der Waals surface area contributed by atoms with Crippen LogP contribution in [0.25, 0.3) is 0 Å². The lowest BCUT2D eigenvalue weighted by atomic mass is 10.0. The van der Waals surface area contributed by atoms with Gasteiger partial charge < -0.3 is 11.5 Å². The third-order valence-electron chi connectivity index (χ3n) is 4.06. The molecule has 1 unspecified atom stereocenters. The first kappa shape index (κ1) is 23.4. The Balaban J connectivity index is 0. The Morgan fingerprint density at radius 1 is 0.909 bits per heavy atom. The van der Waals surface area contributed by atoms with E-state index in [2.05, 4.69) is 25.7 Å². The zero-order valence-electron chi connectivity index (χ0n) is 15.2. The highest BCUT2D eigenvalue weighted by Gasteiger charge is 2.03. The van der Waals surface area contributed by atoms with Gasteiger partial charge >= 0.3 is 0 Å². The molecule has 0 fully saturated rings. The van der Waals surface area contributed by atoms with E-state index in [1.807, 2.05) is 0 Å². The van der Waals surface area contributed by atoms with Crippen molar-refractivity contribution < 1.29 is 4.79 Å². The topological polar surface area (TPSA) is 64.1 Å². The molecule has 3 heteroatoms. The lowest BCUT2D eigenvalue weighted by Gasteiger charge is -2.11. The van der Waals surface area contributed by atoms with Gasteiger partial charge in [0, 0.05) is 6.04 Å². The second kappa shape index (κ2) is 18.2. The van der Waals surface area contributed by atoms with Crippen molar-refractivity contribution in [1.29, 1.82) is 0 Å². The Hall–Kier alpha value is -0.830. The van der Waals surface area contributed by atoms with Crippen LogP contribution in [-0.4, -0.2) is 11.9 Å². The van der Waals surface area contributed by atoms with Crippen LogP contribution in [0.15, 0.2) is 12.7 Å². The van der Waals surface area contributed by atoms with Gasteiger partial charge in [0.1, 0.15) is 0 Å². The van der Waals surface area contributed by atoms with Crippen molar-refractivity contribution in [3.05, 3.63) is 12.7 Å². The molecule has 0 radical (unpaired) electrons. The fourth-order valence-electron chi connectivity index (χ4n) is 2.67. The Morgan fingerprint density at radius 2 is 1.32 bits per heavy atom. The van der Waals surface area contributed by atoms with Crippen LogP contribution in [0.1, 0.15) is 97.3 Å². The van der Waals surface area contributed by atoms with Crippen molar-refractivity contribution in [1.82, 2.24) is 11.5 Å². The minimum absolute atomic E-state index is 0. The molecule has 0 saturated heterocycles. The van der Waals surface area contributed by atoms with Crippen LogP contribution in [0.5, 0.6) is 0 Å². The summed E-state index contributed by atoms with van der Waals surface area (Å²) in [6.07, 6.45) is 18.9. The number of nitrogens with one attached hydrogen (secondary N) is 1. The van der Waals surface area contributed by atoms with E-state index in [0.717, 1.165) is 6.42 Å². The number of carbonyl (C=O) groups is 1. The van der Waals surface area contributed by atoms with Gasteiger partial charge in [0.2, 0.25) is 5.91 Å². The largest absolute Gasteiger partial charge is 0.350 e. The van der Waals surface area contributed by atoms with Crippen LogP contribution in [0.2, 0.25) is 0 Å². The Kier molecular flexibility index (Phi) is 19.4. The Labute approximate surface area is 138 Å². The molecule has 0 aliphatic rings. The number of amides is 1. The third kappa shape index (κ3) is 17.2. The fourth-order valence-corrected chi connectivity index (χ4v) is 2.67. The SMILES string of the molecule is C=CC(=O)NC(C)CCCCCCCCCCCCCC.N. The molecule has 0 heterocycles. The predicted octanol–water partition coefficient (Wildman–Crippen LogP) is 5.93. The molecule has 132 valence electrons. The number of hydrogen-bond acceptors (Lipinski definition) is 2. The summed E-state index contributed by atoms with van der Waals surface area (Å²) in [6, 6.07) is 0.277. The van der Waals surface area contributed by atoms with Gasteiger partial charge in [-0.2, -0.15) is 0 Å². The van der Waals surface area contributed by atoms with Crippen molar-refractivity contribution in [2.75, 3.05) is 0 Å². The number of hydrogen-bond donors (Lipinski definition) is 2. The first-order valence-corrected chi connectivity index (χ1v) is 9.13. The van der Waals surface area contributed by atoms with E-state index in [9.17, 15) is 4.79 Å². The van der Waals surface area contributed by atoms with E-state index >= 15 is 0 Å². The maximum atomic E-state index is 11.1. The van der Waals surface area contributed by atoms with Gasteiger partial charge in [-0.1, -0.05) is 90.6 Å². The molecular formula is C19H40N2O. The summed E-state index contributed by atoms with van der Waals surface area (Å²) in [5, 5.41) is 2.91. The molecule has 0 bridgehead atoms. The van der Waals surface area contributed by atoms with Gasteiger partial charge in [0.15, 0.2) is 0 Å². The summed E-state index contributed by atoms with van der Waals surface area (Å²) < 4.78 is 0. The normalized spacial score (nSPS) is 11.5. The number of rotatable bonds is 15. The van der Waals surface area contributed by atoms with E-state index in [4.69, 9.17) is 0 Å². The second-order valence-electron chi connectivity index (χ2n) is 6.29. The highest BCUT2D eigenvalue weighted by molar-refractivity contribution is 5.87. The maximum absolute atomic E-state index is 11.1. The molecule has 3 nitrogen and oxygen atoms in total. The van der Waals surface area contributed by atoms with Crippen molar-refractivity contribution >= 4 is 5.91 Å². The standard InChI is InChI=1S/C19H37NO.H3N/c1-4-6-7-8-9-10-11-12-13-14-15-16-17-18(3)20-19(21)5-2;/h5,18H,2,4,6-17H2,1,3H3,(H,20,21);1H3. The monoisotopic (exact) mass is 312 g/mol. The minimum atomic E-state index is -0.0542. The van der Waals surface area contributed by atoms with Crippen LogP contribution in [0.3, 0.4) is 0 Å². The molecule has 0 aromatic carbocycles. The average molecular weight is 313 g/mol. The maximum Gasteiger partial charge on any atom is 0.243 e. The predicted molar refractivity (Wildman–Crippen MR) is 98.5 cm³/mol. The van der Waals surface area contributed by atoms with Gasteiger partial charge in [-0.3, -0.25) is 4.79 Å². The van der Waals surface area contributed by atoms with Gasteiger partial charge in [-0.25, -0.2) is 0 Å². The molecule has 1 amide bonds. The summed E-state index contributed by atoms with van der Waals surface area (Å²) >= 11 is 0. The van der Waals surface area contributed by atoms with Gasteiger partial charge in [-0.05, 0) is 19.4 Å². The molecule has 0 aromatic rings. The van der Waals surface area contributed by atoms with Crippen LogP contribution in [0.4, 0.5) is 0 Å².